The van der Waals surface area contributed by atoms with E-state index in [0.29, 0.717) is 43.0 Å². The van der Waals surface area contributed by atoms with E-state index in [1.807, 2.05) is 0 Å². The third kappa shape index (κ3) is 4.76. The molecule has 4 rings (SSSR count). The van der Waals surface area contributed by atoms with Gasteiger partial charge in [0, 0.05) is 44.4 Å². The van der Waals surface area contributed by atoms with Crippen molar-refractivity contribution in [2.75, 3.05) is 31.1 Å². The van der Waals surface area contributed by atoms with Crippen molar-refractivity contribution in [3.05, 3.63) is 58.0 Å². The van der Waals surface area contributed by atoms with E-state index >= 15 is 0 Å². The van der Waals surface area contributed by atoms with E-state index in [2.05, 4.69) is 17.1 Å². The molecular formula is C23H28N4O5. The summed E-state index contributed by atoms with van der Waals surface area (Å²) in [6.07, 6.45) is 6.21. The van der Waals surface area contributed by atoms with Gasteiger partial charge in [-0.3, -0.25) is 19.7 Å². The van der Waals surface area contributed by atoms with Crippen LogP contribution in [0.5, 0.6) is 0 Å². The highest BCUT2D eigenvalue weighted by Crippen LogP contribution is 2.29. The van der Waals surface area contributed by atoms with Crippen LogP contribution in [0.4, 0.5) is 11.4 Å². The number of nitrogens with zero attached hydrogens (tertiary/aromatic N) is 3. The number of rotatable bonds is 5. The Balaban J connectivity index is 1.44. The molecule has 1 aromatic carbocycles. The van der Waals surface area contributed by atoms with E-state index < -0.39 is 4.92 Å². The second-order valence-corrected chi connectivity index (χ2v) is 8.68. The number of carbonyl (C=O) groups excluding carboxylic acids is 2. The van der Waals surface area contributed by atoms with Crippen molar-refractivity contribution in [2.24, 2.45) is 5.92 Å². The summed E-state index contributed by atoms with van der Waals surface area (Å²) in [5.74, 6) is 0.252. The van der Waals surface area contributed by atoms with E-state index in [9.17, 15) is 19.7 Å². The summed E-state index contributed by atoms with van der Waals surface area (Å²) in [5.41, 5.74) is 1.51. The van der Waals surface area contributed by atoms with Crippen molar-refractivity contribution in [3.63, 3.8) is 0 Å². The van der Waals surface area contributed by atoms with Gasteiger partial charge in [-0.15, -0.1) is 0 Å². The van der Waals surface area contributed by atoms with Crippen LogP contribution >= 0.6 is 0 Å². The van der Waals surface area contributed by atoms with Gasteiger partial charge in [-0.05, 0) is 43.7 Å². The first-order chi connectivity index (χ1) is 15.4. The van der Waals surface area contributed by atoms with Gasteiger partial charge in [-0.1, -0.05) is 6.92 Å². The number of nitrogens with one attached hydrogen (secondary N) is 1. The molecule has 1 N–H and O–H groups in total. The Kier molecular flexibility index (Phi) is 6.43. The molecule has 2 fully saturated rings. The van der Waals surface area contributed by atoms with Gasteiger partial charge < -0.3 is 19.5 Å². The molecular weight excluding hydrogens is 412 g/mol. The fraction of sp³-hybridized carbons (Fsp3) is 0.478. The summed E-state index contributed by atoms with van der Waals surface area (Å²) in [4.78, 5) is 40.4. The van der Waals surface area contributed by atoms with Gasteiger partial charge in [0.25, 0.3) is 17.5 Å². The highest BCUT2D eigenvalue weighted by atomic mass is 16.6. The second kappa shape index (κ2) is 9.42. The lowest BCUT2D eigenvalue weighted by atomic mass is 9.97. The van der Waals surface area contributed by atoms with Crippen LogP contribution in [0.3, 0.4) is 0 Å². The minimum Gasteiger partial charge on any atom is -0.472 e. The fourth-order valence-corrected chi connectivity index (χ4v) is 4.40. The van der Waals surface area contributed by atoms with Gasteiger partial charge in [0.2, 0.25) is 0 Å². The zero-order valence-electron chi connectivity index (χ0n) is 18.2. The topological polar surface area (TPSA) is 109 Å². The van der Waals surface area contributed by atoms with Crippen LogP contribution in [0.2, 0.25) is 0 Å². The quantitative estimate of drug-likeness (QED) is 0.563. The molecule has 2 aliphatic rings. The standard InChI is InChI=1S/C23H28N4O5/c1-16-4-9-25(10-5-16)21-3-2-19(27(30)31)14-20(21)22(28)24-18-6-11-26(12-7-18)23(29)17-8-13-32-15-17/h2-3,8,13-16,18H,4-7,9-12H2,1H3,(H,24,28). The molecule has 2 aromatic rings. The number of hydrogen-bond acceptors (Lipinski definition) is 6. The Labute approximate surface area is 186 Å². The molecule has 9 nitrogen and oxygen atoms in total. The van der Waals surface area contributed by atoms with Gasteiger partial charge >= 0.3 is 0 Å². The number of piperidine rings is 2. The average Bonchev–Trinajstić information content (AvgIpc) is 3.34. The predicted molar refractivity (Wildman–Crippen MR) is 119 cm³/mol. The summed E-state index contributed by atoms with van der Waals surface area (Å²) in [6.45, 7) is 4.92. The van der Waals surface area contributed by atoms with Crippen LogP contribution in [0.25, 0.3) is 0 Å². The van der Waals surface area contributed by atoms with Crippen molar-refractivity contribution >= 4 is 23.2 Å². The lowest BCUT2D eigenvalue weighted by molar-refractivity contribution is -0.384. The fourth-order valence-electron chi connectivity index (χ4n) is 4.40. The summed E-state index contributed by atoms with van der Waals surface area (Å²) < 4.78 is 4.99. The number of nitro benzene ring substituents is 1. The normalized spacial score (nSPS) is 17.9. The number of amides is 2. The molecule has 0 unspecified atom stereocenters. The SMILES string of the molecule is CC1CCN(c2ccc([N+](=O)[O-])cc2C(=O)NC2CCN(C(=O)c3ccoc3)CC2)CC1. The van der Waals surface area contributed by atoms with Gasteiger partial charge in [-0.25, -0.2) is 0 Å². The van der Waals surface area contributed by atoms with E-state index in [4.69, 9.17) is 4.42 Å². The minimum absolute atomic E-state index is 0.0798. The molecule has 0 bridgehead atoms. The molecule has 0 aliphatic carbocycles. The Morgan fingerprint density at radius 1 is 1.09 bits per heavy atom. The first-order valence-corrected chi connectivity index (χ1v) is 11.1. The zero-order valence-corrected chi connectivity index (χ0v) is 18.2. The molecule has 0 atom stereocenters. The molecule has 3 heterocycles. The lowest BCUT2D eigenvalue weighted by Crippen LogP contribution is -2.46. The number of non-ortho nitro benzene ring substituents is 1. The number of nitro groups is 1. The maximum absolute atomic E-state index is 13.2. The average molecular weight is 441 g/mol. The van der Waals surface area contributed by atoms with Crippen LogP contribution in [0.1, 0.15) is 53.3 Å². The summed E-state index contributed by atoms with van der Waals surface area (Å²) in [7, 11) is 0. The minimum atomic E-state index is -0.473. The molecule has 170 valence electrons. The van der Waals surface area contributed by atoms with Gasteiger partial charge in [0.15, 0.2) is 0 Å². The Morgan fingerprint density at radius 2 is 1.81 bits per heavy atom. The number of carbonyl (C=O) groups is 2. The Hall–Kier alpha value is -3.36. The lowest BCUT2D eigenvalue weighted by Gasteiger charge is -2.34. The second-order valence-electron chi connectivity index (χ2n) is 8.68. The maximum atomic E-state index is 13.2. The third-order valence-corrected chi connectivity index (χ3v) is 6.45. The smallest absolute Gasteiger partial charge is 0.270 e. The summed E-state index contributed by atoms with van der Waals surface area (Å²) in [6, 6.07) is 6.07. The maximum Gasteiger partial charge on any atom is 0.270 e. The molecule has 2 aliphatic heterocycles. The van der Waals surface area contributed by atoms with E-state index in [-0.39, 0.29) is 23.5 Å². The Bertz CT molecular complexity index is 974. The van der Waals surface area contributed by atoms with Crippen molar-refractivity contribution < 1.29 is 18.9 Å². The monoisotopic (exact) mass is 440 g/mol. The highest BCUT2D eigenvalue weighted by molar-refractivity contribution is 6.00. The molecule has 32 heavy (non-hydrogen) atoms. The number of likely N-dealkylation sites (tertiary alicyclic amines) is 1. The van der Waals surface area contributed by atoms with Gasteiger partial charge in [-0.2, -0.15) is 0 Å². The van der Waals surface area contributed by atoms with Crippen molar-refractivity contribution in [1.82, 2.24) is 10.2 Å². The highest BCUT2D eigenvalue weighted by Gasteiger charge is 2.28. The molecule has 2 saturated heterocycles. The number of benzene rings is 1. The van der Waals surface area contributed by atoms with Gasteiger partial charge in [0.05, 0.1) is 28.0 Å². The van der Waals surface area contributed by atoms with Crippen molar-refractivity contribution in [1.29, 1.82) is 0 Å². The van der Waals surface area contributed by atoms with Crippen LogP contribution in [-0.2, 0) is 0 Å². The van der Waals surface area contributed by atoms with Crippen molar-refractivity contribution in [2.45, 2.75) is 38.6 Å². The van der Waals surface area contributed by atoms with Crippen LogP contribution in [0.15, 0.2) is 41.2 Å². The first-order valence-electron chi connectivity index (χ1n) is 11.1. The van der Waals surface area contributed by atoms with E-state index in [1.54, 1.807) is 17.0 Å². The van der Waals surface area contributed by atoms with Crippen LogP contribution in [-0.4, -0.2) is 53.9 Å². The number of furan rings is 1. The predicted octanol–water partition coefficient (Wildman–Crippen LogP) is 3.46. The molecule has 0 spiro atoms. The molecule has 9 heteroatoms. The van der Waals surface area contributed by atoms with Gasteiger partial charge in [0.1, 0.15) is 6.26 Å². The summed E-state index contributed by atoms with van der Waals surface area (Å²) in [5, 5.41) is 14.3. The molecule has 0 radical (unpaired) electrons. The van der Waals surface area contributed by atoms with Crippen LogP contribution < -0.4 is 10.2 Å². The first kappa shape index (κ1) is 21.9. The summed E-state index contributed by atoms with van der Waals surface area (Å²) >= 11 is 0. The molecule has 0 saturated carbocycles. The number of hydrogen-bond donors (Lipinski definition) is 1. The molecule has 1 aromatic heterocycles. The van der Waals surface area contributed by atoms with E-state index in [1.165, 1.54) is 24.7 Å². The zero-order chi connectivity index (χ0) is 22.7. The number of anilines is 1. The van der Waals surface area contributed by atoms with E-state index in [0.717, 1.165) is 31.6 Å². The Morgan fingerprint density at radius 3 is 2.44 bits per heavy atom. The largest absolute Gasteiger partial charge is 0.472 e. The third-order valence-electron chi connectivity index (χ3n) is 6.45. The molecule has 2 amide bonds. The van der Waals surface area contributed by atoms with Crippen molar-refractivity contribution in [3.8, 4) is 0 Å². The van der Waals surface area contributed by atoms with Crippen LogP contribution in [0, 0.1) is 16.0 Å².